The molecule has 0 spiro atoms. The van der Waals surface area contributed by atoms with Crippen LogP contribution < -0.4 is 11.1 Å². The van der Waals surface area contributed by atoms with Crippen molar-refractivity contribution >= 4 is 5.91 Å². The highest BCUT2D eigenvalue weighted by Gasteiger charge is 2.28. The molecule has 3 atom stereocenters. The summed E-state index contributed by atoms with van der Waals surface area (Å²) < 4.78 is 5.29. The zero-order valence-corrected chi connectivity index (χ0v) is 10.9. The minimum Gasteiger partial charge on any atom is -0.467 e. The largest absolute Gasteiger partial charge is 0.467 e. The maximum atomic E-state index is 12.2. The zero-order chi connectivity index (χ0) is 13.0. The first-order valence-electron chi connectivity index (χ1n) is 6.78. The second-order valence-electron chi connectivity index (χ2n) is 5.15. The van der Waals surface area contributed by atoms with Gasteiger partial charge in [0.05, 0.1) is 18.2 Å². The summed E-state index contributed by atoms with van der Waals surface area (Å²) in [5, 5.41) is 3.00. The van der Waals surface area contributed by atoms with E-state index in [2.05, 4.69) is 5.32 Å². The van der Waals surface area contributed by atoms with Crippen molar-refractivity contribution in [1.82, 2.24) is 5.32 Å². The van der Waals surface area contributed by atoms with Crippen molar-refractivity contribution in [3.63, 3.8) is 0 Å². The Bertz CT molecular complexity index is 375. The van der Waals surface area contributed by atoms with Gasteiger partial charge in [0.15, 0.2) is 0 Å². The highest BCUT2D eigenvalue weighted by atomic mass is 16.3. The van der Waals surface area contributed by atoms with Gasteiger partial charge < -0.3 is 15.5 Å². The van der Waals surface area contributed by atoms with Crippen LogP contribution in [-0.2, 0) is 4.79 Å². The van der Waals surface area contributed by atoms with Gasteiger partial charge in [-0.15, -0.1) is 0 Å². The van der Waals surface area contributed by atoms with Gasteiger partial charge in [-0.05, 0) is 31.9 Å². The summed E-state index contributed by atoms with van der Waals surface area (Å²) in [5.41, 5.74) is 6.09. The van der Waals surface area contributed by atoms with Crippen LogP contribution in [0.2, 0.25) is 0 Å². The Morgan fingerprint density at radius 3 is 2.94 bits per heavy atom. The van der Waals surface area contributed by atoms with Gasteiger partial charge in [-0.25, -0.2) is 0 Å². The van der Waals surface area contributed by atoms with Crippen LogP contribution in [-0.4, -0.2) is 11.9 Å². The van der Waals surface area contributed by atoms with Crippen LogP contribution in [0.5, 0.6) is 0 Å². The molecule has 0 aromatic carbocycles. The molecule has 0 bridgehead atoms. The first-order valence-corrected chi connectivity index (χ1v) is 6.78. The van der Waals surface area contributed by atoms with Crippen LogP contribution in [0.4, 0.5) is 0 Å². The van der Waals surface area contributed by atoms with Crippen molar-refractivity contribution in [3.05, 3.63) is 24.2 Å². The molecule has 0 radical (unpaired) electrons. The Morgan fingerprint density at radius 1 is 1.44 bits per heavy atom. The Kier molecular flexibility index (Phi) is 4.42. The molecule has 1 fully saturated rings. The molecular weight excluding hydrogens is 228 g/mol. The average molecular weight is 250 g/mol. The van der Waals surface area contributed by atoms with E-state index in [-0.39, 0.29) is 23.9 Å². The number of nitrogens with one attached hydrogen (secondary N) is 1. The molecule has 0 aliphatic heterocycles. The number of rotatable bonds is 3. The first kappa shape index (κ1) is 13.1. The molecule has 0 saturated heterocycles. The van der Waals surface area contributed by atoms with Crippen LogP contribution in [0.15, 0.2) is 22.8 Å². The second kappa shape index (κ2) is 6.05. The molecule has 1 amide bonds. The van der Waals surface area contributed by atoms with Crippen molar-refractivity contribution in [2.75, 3.05) is 0 Å². The number of nitrogens with two attached hydrogens (primary N) is 1. The lowest BCUT2D eigenvalue weighted by Crippen LogP contribution is -2.42. The number of carbonyl (C=O) groups excluding carboxylic acids is 1. The van der Waals surface area contributed by atoms with Crippen LogP contribution >= 0.6 is 0 Å². The van der Waals surface area contributed by atoms with Gasteiger partial charge >= 0.3 is 0 Å². The first-order chi connectivity index (χ1) is 8.68. The van der Waals surface area contributed by atoms with Crippen LogP contribution in [0.1, 0.15) is 50.8 Å². The molecule has 2 unspecified atom stereocenters. The standard InChI is InChI=1S/C14H22N2O2/c1-10(13-8-5-9-18-13)16-14(17)11-6-3-2-4-7-12(11)15/h5,8-12H,2-4,6-7,15H2,1H3,(H,16,17)/t10-,11?,12?/m0/s1. The highest BCUT2D eigenvalue weighted by Crippen LogP contribution is 2.23. The zero-order valence-electron chi connectivity index (χ0n) is 10.9. The summed E-state index contributed by atoms with van der Waals surface area (Å²) in [5.74, 6) is 0.795. The topological polar surface area (TPSA) is 68.3 Å². The summed E-state index contributed by atoms with van der Waals surface area (Å²) >= 11 is 0. The summed E-state index contributed by atoms with van der Waals surface area (Å²) in [6.07, 6.45) is 6.89. The predicted octanol–water partition coefficient (Wildman–Crippen LogP) is 2.36. The smallest absolute Gasteiger partial charge is 0.225 e. The molecule has 100 valence electrons. The summed E-state index contributed by atoms with van der Waals surface area (Å²) in [7, 11) is 0. The lowest BCUT2D eigenvalue weighted by Gasteiger charge is -2.22. The molecule has 4 nitrogen and oxygen atoms in total. The van der Waals surface area contributed by atoms with E-state index in [9.17, 15) is 4.79 Å². The predicted molar refractivity (Wildman–Crippen MR) is 69.8 cm³/mol. The quantitative estimate of drug-likeness (QED) is 0.809. The van der Waals surface area contributed by atoms with E-state index in [4.69, 9.17) is 10.2 Å². The van der Waals surface area contributed by atoms with Crippen molar-refractivity contribution in [1.29, 1.82) is 0 Å². The second-order valence-corrected chi connectivity index (χ2v) is 5.15. The minimum atomic E-state index is -0.0945. The monoisotopic (exact) mass is 250 g/mol. The summed E-state index contributed by atoms with van der Waals surface area (Å²) in [4.78, 5) is 12.2. The average Bonchev–Trinajstić information content (AvgIpc) is 2.79. The van der Waals surface area contributed by atoms with Crippen LogP contribution in [0.25, 0.3) is 0 Å². The van der Waals surface area contributed by atoms with E-state index in [1.54, 1.807) is 6.26 Å². The third-order valence-corrected chi connectivity index (χ3v) is 3.73. The fourth-order valence-corrected chi connectivity index (χ4v) is 2.59. The molecule has 3 N–H and O–H groups in total. The van der Waals surface area contributed by atoms with Crippen LogP contribution in [0, 0.1) is 5.92 Å². The minimum absolute atomic E-state index is 0.00342. The van der Waals surface area contributed by atoms with Gasteiger partial charge in [0, 0.05) is 6.04 Å². The van der Waals surface area contributed by atoms with E-state index in [0.717, 1.165) is 31.4 Å². The molecule has 1 aliphatic carbocycles. The third kappa shape index (κ3) is 3.13. The molecule has 1 heterocycles. The third-order valence-electron chi connectivity index (χ3n) is 3.73. The molecule has 1 aliphatic rings. The molecule has 1 aromatic rings. The van der Waals surface area contributed by atoms with Crippen molar-refractivity contribution in [2.45, 2.75) is 51.1 Å². The number of amides is 1. The molecule has 1 aromatic heterocycles. The van der Waals surface area contributed by atoms with Gasteiger partial charge in [0.1, 0.15) is 5.76 Å². The Balaban J connectivity index is 1.94. The number of hydrogen-bond acceptors (Lipinski definition) is 3. The number of hydrogen-bond donors (Lipinski definition) is 2. The van der Waals surface area contributed by atoms with E-state index in [1.807, 2.05) is 19.1 Å². The van der Waals surface area contributed by atoms with Crippen molar-refractivity contribution in [3.8, 4) is 0 Å². The maximum Gasteiger partial charge on any atom is 0.225 e. The Hall–Kier alpha value is -1.29. The number of carbonyl (C=O) groups is 1. The van der Waals surface area contributed by atoms with E-state index in [1.165, 1.54) is 6.42 Å². The maximum absolute atomic E-state index is 12.2. The van der Waals surface area contributed by atoms with Gasteiger partial charge in [0.2, 0.25) is 5.91 Å². The number of furan rings is 1. The Morgan fingerprint density at radius 2 is 2.22 bits per heavy atom. The van der Waals surface area contributed by atoms with Crippen molar-refractivity contribution < 1.29 is 9.21 Å². The fourth-order valence-electron chi connectivity index (χ4n) is 2.59. The highest BCUT2D eigenvalue weighted by molar-refractivity contribution is 5.79. The van der Waals surface area contributed by atoms with Gasteiger partial charge in [-0.1, -0.05) is 19.3 Å². The molecule has 18 heavy (non-hydrogen) atoms. The lowest BCUT2D eigenvalue weighted by molar-refractivity contribution is -0.126. The summed E-state index contributed by atoms with van der Waals surface area (Å²) in [6.45, 7) is 1.93. The molecule has 2 rings (SSSR count). The van der Waals surface area contributed by atoms with Gasteiger partial charge in [0.25, 0.3) is 0 Å². The lowest BCUT2D eigenvalue weighted by atomic mass is 9.94. The Labute approximate surface area is 108 Å². The van der Waals surface area contributed by atoms with Crippen molar-refractivity contribution in [2.24, 2.45) is 11.7 Å². The van der Waals surface area contributed by atoms with Gasteiger partial charge in [-0.3, -0.25) is 4.79 Å². The van der Waals surface area contributed by atoms with E-state index >= 15 is 0 Å². The summed E-state index contributed by atoms with van der Waals surface area (Å²) in [6, 6.07) is 3.60. The normalized spacial score (nSPS) is 26.3. The molecule has 1 saturated carbocycles. The molecule has 4 heteroatoms. The van der Waals surface area contributed by atoms with E-state index < -0.39 is 0 Å². The fraction of sp³-hybridized carbons (Fsp3) is 0.643. The SMILES string of the molecule is C[C@H](NC(=O)C1CCCCCC1N)c1ccco1. The van der Waals surface area contributed by atoms with Gasteiger partial charge in [-0.2, -0.15) is 0 Å². The molecular formula is C14H22N2O2. The van der Waals surface area contributed by atoms with E-state index in [0.29, 0.717) is 0 Å². The van der Waals surface area contributed by atoms with Crippen LogP contribution in [0.3, 0.4) is 0 Å².